The highest BCUT2D eigenvalue weighted by molar-refractivity contribution is 5.92. The molecule has 1 N–H and O–H groups in total. The number of halogens is 6. The van der Waals surface area contributed by atoms with Crippen molar-refractivity contribution in [1.82, 2.24) is 0 Å². The number of aryl methyl sites for hydroxylation is 1. The molecule has 0 aliphatic carbocycles. The van der Waals surface area contributed by atoms with Crippen LogP contribution in [-0.4, -0.2) is 43.7 Å². The van der Waals surface area contributed by atoms with Crippen LogP contribution in [0.1, 0.15) is 11.1 Å². The van der Waals surface area contributed by atoms with E-state index < -0.39 is 23.5 Å². The molecular formula is C14H14F6N2O2. The maximum Gasteiger partial charge on any atom is 0.430 e. The molecule has 4 nitrogen and oxygen atoms in total. The molecule has 1 aliphatic heterocycles. The quantitative estimate of drug-likeness (QED) is 0.829. The number of ether oxygens (including phenoxy) is 1. The molecular weight excluding hydrogens is 342 g/mol. The summed E-state index contributed by atoms with van der Waals surface area (Å²) >= 11 is 0. The molecule has 0 saturated heterocycles. The van der Waals surface area contributed by atoms with E-state index in [1.54, 1.807) is 0 Å². The van der Waals surface area contributed by atoms with Gasteiger partial charge in [0.2, 0.25) is 0 Å². The maximum absolute atomic E-state index is 12.9. The fourth-order valence-electron chi connectivity index (χ4n) is 2.37. The Morgan fingerprint density at radius 2 is 1.71 bits per heavy atom. The Hall–Kier alpha value is -1.97. The monoisotopic (exact) mass is 356 g/mol. The lowest BCUT2D eigenvalue weighted by Gasteiger charge is -2.33. The van der Waals surface area contributed by atoms with E-state index in [0.29, 0.717) is 31.0 Å². The van der Waals surface area contributed by atoms with Gasteiger partial charge in [-0.15, -0.1) is 0 Å². The minimum atomic E-state index is -5.91. The van der Waals surface area contributed by atoms with Gasteiger partial charge in [-0.3, -0.25) is 4.90 Å². The molecule has 0 aromatic heterocycles. The highest BCUT2D eigenvalue weighted by atomic mass is 19.4. The Bertz CT molecular complexity index is 640. The molecule has 0 saturated carbocycles. The van der Waals surface area contributed by atoms with Gasteiger partial charge >= 0.3 is 12.4 Å². The predicted octanol–water partition coefficient (Wildman–Crippen LogP) is 3.13. The van der Waals surface area contributed by atoms with Crippen LogP contribution >= 0.6 is 0 Å². The Balaban J connectivity index is 2.48. The van der Waals surface area contributed by atoms with Crippen molar-refractivity contribution in [1.29, 1.82) is 0 Å². The van der Waals surface area contributed by atoms with E-state index in [0.717, 1.165) is 6.07 Å². The number of aliphatic hydroxyl groups is 1. The topological polar surface area (TPSA) is 45.1 Å². The number of rotatable bonds is 2. The highest BCUT2D eigenvalue weighted by Gasteiger charge is 2.71. The summed E-state index contributed by atoms with van der Waals surface area (Å²) in [4.78, 5) is 5.42. The van der Waals surface area contributed by atoms with Crippen LogP contribution in [0.4, 0.5) is 32.0 Å². The van der Waals surface area contributed by atoms with Crippen LogP contribution in [0.25, 0.3) is 0 Å². The summed E-state index contributed by atoms with van der Waals surface area (Å²) in [7, 11) is 1.52. The second-order valence-corrected chi connectivity index (χ2v) is 5.28. The Morgan fingerprint density at radius 1 is 1.12 bits per heavy atom. The van der Waals surface area contributed by atoms with Gasteiger partial charge in [0.1, 0.15) is 6.61 Å². The molecule has 24 heavy (non-hydrogen) atoms. The molecule has 0 atom stereocenters. The summed E-state index contributed by atoms with van der Waals surface area (Å²) in [6.07, 6.45) is -11.8. The van der Waals surface area contributed by atoms with Crippen molar-refractivity contribution in [2.45, 2.75) is 24.9 Å². The lowest BCUT2D eigenvalue weighted by molar-refractivity contribution is -0.376. The molecule has 1 aliphatic rings. The Morgan fingerprint density at radius 3 is 2.12 bits per heavy atom. The van der Waals surface area contributed by atoms with Crippen molar-refractivity contribution in [2.75, 3.05) is 25.1 Å². The number of nitrogens with zero attached hydrogens (tertiary/aromatic N) is 2. The molecule has 0 unspecified atom stereocenters. The second kappa shape index (κ2) is 5.83. The van der Waals surface area contributed by atoms with Gasteiger partial charge in [-0.05, 0) is 18.6 Å². The number of aliphatic imine (C=N–C) groups is 1. The normalized spacial score (nSPS) is 16.0. The van der Waals surface area contributed by atoms with E-state index in [9.17, 15) is 31.4 Å². The molecule has 0 spiro atoms. The molecule has 1 aromatic rings. The summed E-state index contributed by atoms with van der Waals surface area (Å²) in [5.41, 5.74) is -5.83. The zero-order valence-electron chi connectivity index (χ0n) is 12.7. The van der Waals surface area contributed by atoms with Gasteiger partial charge in [0, 0.05) is 18.3 Å². The lowest BCUT2D eigenvalue weighted by Crippen LogP contribution is -2.54. The summed E-state index contributed by atoms with van der Waals surface area (Å²) in [5.74, 6) is 0. The van der Waals surface area contributed by atoms with Crippen LogP contribution in [0.3, 0.4) is 0 Å². The molecule has 10 heteroatoms. The van der Waals surface area contributed by atoms with E-state index in [1.165, 1.54) is 18.9 Å². The minimum absolute atomic E-state index is 0.0973. The van der Waals surface area contributed by atoms with Crippen LogP contribution in [-0.2, 0) is 10.3 Å². The number of amidine groups is 1. The van der Waals surface area contributed by atoms with Gasteiger partial charge in [-0.25, -0.2) is 4.99 Å². The summed E-state index contributed by atoms with van der Waals surface area (Å²) in [5, 5.41) is 9.41. The molecule has 1 heterocycles. The number of benzene rings is 1. The van der Waals surface area contributed by atoms with Crippen molar-refractivity contribution in [2.24, 2.45) is 4.99 Å². The first-order valence-electron chi connectivity index (χ1n) is 6.77. The van der Waals surface area contributed by atoms with Crippen LogP contribution in [0.15, 0.2) is 23.2 Å². The molecule has 2 rings (SSSR count). The first kappa shape index (κ1) is 18.4. The molecule has 0 amide bonds. The summed E-state index contributed by atoms with van der Waals surface area (Å²) < 4.78 is 82.6. The maximum atomic E-state index is 12.9. The second-order valence-electron chi connectivity index (χ2n) is 5.28. The first-order valence-corrected chi connectivity index (χ1v) is 6.77. The van der Waals surface area contributed by atoms with Gasteiger partial charge in [0.25, 0.3) is 11.6 Å². The predicted molar refractivity (Wildman–Crippen MR) is 73.8 cm³/mol. The highest BCUT2D eigenvalue weighted by Crippen LogP contribution is 2.50. The zero-order valence-corrected chi connectivity index (χ0v) is 12.7. The largest absolute Gasteiger partial charge is 0.463 e. The van der Waals surface area contributed by atoms with Gasteiger partial charge < -0.3 is 9.84 Å². The standard InChI is InChI=1S/C14H14F6N2O2/c1-8-7-9(12(23,13(15,16)17)14(18,19)20)3-4-10(8)22(2)11-21-5-6-24-11/h3-4,7,23H,5-6H2,1-2H3. The van der Waals surface area contributed by atoms with E-state index in [1.807, 2.05) is 0 Å². The van der Waals surface area contributed by atoms with E-state index >= 15 is 0 Å². The van der Waals surface area contributed by atoms with Crippen molar-refractivity contribution in [3.8, 4) is 0 Å². The smallest absolute Gasteiger partial charge is 0.430 e. The SMILES string of the molecule is Cc1cc(C(O)(C(F)(F)F)C(F)(F)F)ccc1N(C)C1=NCCO1. The van der Waals surface area contributed by atoms with Gasteiger partial charge in [-0.1, -0.05) is 12.1 Å². The third-order valence-electron chi connectivity index (χ3n) is 3.65. The fraction of sp³-hybridized carbons (Fsp3) is 0.500. The van der Waals surface area contributed by atoms with E-state index in [2.05, 4.69) is 4.99 Å². The van der Waals surface area contributed by atoms with Crippen molar-refractivity contribution in [3.05, 3.63) is 29.3 Å². The number of alkyl halides is 6. The number of hydrogen-bond donors (Lipinski definition) is 1. The van der Waals surface area contributed by atoms with Crippen molar-refractivity contribution < 1.29 is 36.2 Å². The molecule has 1 aromatic carbocycles. The zero-order chi connectivity index (χ0) is 18.3. The Kier molecular flexibility index (Phi) is 4.47. The lowest BCUT2D eigenvalue weighted by atomic mass is 9.90. The van der Waals surface area contributed by atoms with Crippen LogP contribution in [0.2, 0.25) is 0 Å². The van der Waals surface area contributed by atoms with Crippen molar-refractivity contribution >= 4 is 11.7 Å². The molecule has 0 radical (unpaired) electrons. The summed E-state index contributed by atoms with van der Waals surface area (Å²) in [6.45, 7) is 2.09. The van der Waals surface area contributed by atoms with Crippen LogP contribution in [0.5, 0.6) is 0 Å². The first-order chi connectivity index (χ1) is 10.9. The van der Waals surface area contributed by atoms with Crippen LogP contribution < -0.4 is 4.90 Å². The minimum Gasteiger partial charge on any atom is -0.463 e. The Labute approximate surface area is 133 Å². The average Bonchev–Trinajstić information content (AvgIpc) is 2.97. The molecule has 134 valence electrons. The van der Waals surface area contributed by atoms with Crippen molar-refractivity contribution in [3.63, 3.8) is 0 Å². The molecule has 0 bridgehead atoms. The third-order valence-corrected chi connectivity index (χ3v) is 3.65. The van der Waals surface area contributed by atoms with E-state index in [4.69, 9.17) is 4.74 Å². The third kappa shape index (κ3) is 2.90. The van der Waals surface area contributed by atoms with E-state index in [-0.39, 0.29) is 11.6 Å². The molecule has 0 fully saturated rings. The summed E-state index contributed by atoms with van der Waals surface area (Å²) in [6, 6.07) is 2.52. The fourth-order valence-corrected chi connectivity index (χ4v) is 2.37. The van der Waals surface area contributed by atoms with Gasteiger partial charge in [-0.2, -0.15) is 26.3 Å². The number of anilines is 1. The van der Waals surface area contributed by atoms with Gasteiger partial charge in [0.05, 0.1) is 6.54 Å². The number of hydrogen-bond acceptors (Lipinski definition) is 4. The van der Waals surface area contributed by atoms with Crippen LogP contribution in [0, 0.1) is 6.92 Å². The van der Waals surface area contributed by atoms with Gasteiger partial charge in [0.15, 0.2) is 0 Å². The average molecular weight is 356 g/mol.